The highest BCUT2D eigenvalue weighted by Crippen LogP contribution is 1.99. The van der Waals surface area contributed by atoms with Crippen molar-refractivity contribution in [1.82, 2.24) is 0 Å². The van der Waals surface area contributed by atoms with E-state index in [0.717, 1.165) is 0 Å². The Kier molecular flexibility index (Phi) is 3.02. The minimum Gasteiger partial charge on any atom is -0.454 e. The first-order valence-electron chi connectivity index (χ1n) is 3.50. The summed E-state index contributed by atoms with van der Waals surface area (Å²) in [7, 11) is 0. The van der Waals surface area contributed by atoms with E-state index < -0.39 is 5.97 Å². The van der Waals surface area contributed by atoms with Crippen LogP contribution in [0.1, 0.15) is 10.4 Å². The number of hydrogen-bond acceptors (Lipinski definition) is 3. The van der Waals surface area contributed by atoms with E-state index in [4.69, 9.17) is 0 Å². The molecule has 0 bridgehead atoms. The first kappa shape index (κ1) is 8.46. The zero-order chi connectivity index (χ0) is 8.81. The lowest BCUT2D eigenvalue weighted by atomic mass is 10.2. The Labute approximate surface area is 70.0 Å². The van der Waals surface area contributed by atoms with Crippen LogP contribution in [0.25, 0.3) is 0 Å². The number of rotatable bonds is 3. The van der Waals surface area contributed by atoms with Crippen LogP contribution in [0.5, 0.6) is 0 Å². The van der Waals surface area contributed by atoms with E-state index >= 15 is 0 Å². The van der Waals surface area contributed by atoms with Crippen molar-refractivity contribution in [2.75, 3.05) is 6.61 Å². The number of esters is 1. The van der Waals surface area contributed by atoms with Crippen molar-refractivity contribution in [3.63, 3.8) is 0 Å². The summed E-state index contributed by atoms with van der Waals surface area (Å²) in [6.45, 7) is -0.187. The lowest BCUT2D eigenvalue weighted by Gasteiger charge is -1.98. The average molecular weight is 164 g/mol. The van der Waals surface area contributed by atoms with Crippen molar-refractivity contribution in [2.45, 2.75) is 0 Å². The Hall–Kier alpha value is -1.64. The van der Waals surface area contributed by atoms with Crippen LogP contribution < -0.4 is 0 Å². The molecule has 0 aliphatic heterocycles. The fourth-order valence-corrected chi connectivity index (χ4v) is 0.767. The van der Waals surface area contributed by atoms with Crippen molar-refractivity contribution < 1.29 is 14.3 Å². The fraction of sp³-hybridized carbons (Fsp3) is 0.111. The molecule has 12 heavy (non-hydrogen) atoms. The number of carbonyl (C=O) groups is 2. The summed E-state index contributed by atoms with van der Waals surface area (Å²) in [5.41, 5.74) is 0.458. The molecule has 1 rings (SSSR count). The van der Waals surface area contributed by atoms with E-state index in [1.54, 1.807) is 30.3 Å². The minimum atomic E-state index is -0.470. The van der Waals surface area contributed by atoms with Crippen LogP contribution >= 0.6 is 0 Å². The van der Waals surface area contributed by atoms with Gasteiger partial charge in [-0.3, -0.25) is 4.79 Å². The van der Waals surface area contributed by atoms with E-state index in [-0.39, 0.29) is 6.61 Å². The first-order valence-corrected chi connectivity index (χ1v) is 3.50. The normalized spacial score (nSPS) is 9.00. The highest BCUT2D eigenvalue weighted by atomic mass is 16.5. The summed E-state index contributed by atoms with van der Waals surface area (Å²) in [6, 6.07) is 8.53. The zero-order valence-corrected chi connectivity index (χ0v) is 6.40. The average Bonchev–Trinajstić information content (AvgIpc) is 2.15. The van der Waals surface area contributed by atoms with Crippen LogP contribution in [-0.2, 0) is 9.53 Å². The second-order valence-corrected chi connectivity index (χ2v) is 2.13. The molecule has 1 aromatic rings. The van der Waals surface area contributed by atoms with Gasteiger partial charge in [-0.05, 0) is 12.1 Å². The maximum absolute atomic E-state index is 11.0. The van der Waals surface area contributed by atoms with Gasteiger partial charge in [0.25, 0.3) is 0 Å². The monoisotopic (exact) mass is 164 g/mol. The largest absolute Gasteiger partial charge is 0.454 e. The molecule has 0 amide bonds. The number of ether oxygens (including phenoxy) is 1. The van der Waals surface area contributed by atoms with Crippen LogP contribution in [-0.4, -0.2) is 18.9 Å². The second-order valence-electron chi connectivity index (χ2n) is 2.13. The zero-order valence-electron chi connectivity index (χ0n) is 6.40. The first-order chi connectivity index (χ1) is 5.84. The summed E-state index contributed by atoms with van der Waals surface area (Å²) in [6.07, 6.45) is 0.542. The molecular formula is C9H8O3. The van der Waals surface area contributed by atoms with Crippen LogP contribution in [0.15, 0.2) is 30.3 Å². The molecule has 0 N–H and O–H groups in total. The third-order valence-corrected chi connectivity index (χ3v) is 1.29. The molecule has 0 fully saturated rings. The molecule has 0 unspecified atom stereocenters. The van der Waals surface area contributed by atoms with Gasteiger partial charge in [-0.1, -0.05) is 18.2 Å². The van der Waals surface area contributed by atoms with Gasteiger partial charge in [0.1, 0.15) is 6.61 Å². The van der Waals surface area contributed by atoms with Crippen LogP contribution in [0, 0.1) is 0 Å². The van der Waals surface area contributed by atoms with E-state index in [1.165, 1.54) is 0 Å². The van der Waals surface area contributed by atoms with Crippen LogP contribution in [0.4, 0.5) is 0 Å². The molecule has 0 saturated carbocycles. The Bertz CT molecular complexity index is 266. The predicted molar refractivity (Wildman–Crippen MR) is 42.8 cm³/mol. The summed E-state index contributed by atoms with van der Waals surface area (Å²) in [5, 5.41) is 0. The SMILES string of the molecule is O=CCOC(=O)c1ccccc1. The molecule has 0 heterocycles. The number of carbonyl (C=O) groups excluding carboxylic acids is 2. The highest BCUT2D eigenvalue weighted by Gasteiger charge is 2.03. The quantitative estimate of drug-likeness (QED) is 0.495. The highest BCUT2D eigenvalue weighted by molar-refractivity contribution is 5.89. The van der Waals surface area contributed by atoms with Gasteiger partial charge in [0, 0.05) is 0 Å². The molecule has 0 radical (unpaired) electrons. The fourth-order valence-electron chi connectivity index (χ4n) is 0.767. The van der Waals surface area contributed by atoms with Crippen molar-refractivity contribution in [3.05, 3.63) is 35.9 Å². The molecule has 0 aliphatic carbocycles. The van der Waals surface area contributed by atoms with Gasteiger partial charge in [0.05, 0.1) is 5.56 Å². The number of aldehydes is 1. The van der Waals surface area contributed by atoms with Gasteiger partial charge in [-0.15, -0.1) is 0 Å². The topological polar surface area (TPSA) is 43.4 Å². The van der Waals surface area contributed by atoms with E-state index in [9.17, 15) is 9.59 Å². The molecule has 0 aliphatic rings. The van der Waals surface area contributed by atoms with Gasteiger partial charge < -0.3 is 4.74 Å². The maximum atomic E-state index is 11.0. The lowest BCUT2D eigenvalue weighted by molar-refractivity contribution is -0.110. The molecule has 0 spiro atoms. The molecular weight excluding hydrogens is 156 g/mol. The molecule has 0 atom stereocenters. The van der Waals surface area contributed by atoms with E-state index in [1.807, 2.05) is 0 Å². The number of hydrogen-bond donors (Lipinski definition) is 0. The minimum absolute atomic E-state index is 0.187. The Balaban J connectivity index is 2.59. The maximum Gasteiger partial charge on any atom is 0.338 e. The van der Waals surface area contributed by atoms with Crippen LogP contribution in [0.3, 0.4) is 0 Å². The Morgan fingerprint density at radius 3 is 2.58 bits per heavy atom. The third kappa shape index (κ3) is 2.20. The standard InChI is InChI=1S/C9H8O3/c10-6-7-12-9(11)8-4-2-1-3-5-8/h1-6H,7H2. The molecule has 62 valence electrons. The van der Waals surface area contributed by atoms with Gasteiger partial charge in [-0.25, -0.2) is 4.79 Å². The van der Waals surface area contributed by atoms with Crippen LogP contribution in [0.2, 0.25) is 0 Å². The van der Waals surface area contributed by atoms with Gasteiger partial charge in [-0.2, -0.15) is 0 Å². The molecule has 1 aromatic carbocycles. The lowest BCUT2D eigenvalue weighted by Crippen LogP contribution is -2.06. The summed E-state index contributed by atoms with van der Waals surface area (Å²) >= 11 is 0. The Morgan fingerprint density at radius 2 is 2.00 bits per heavy atom. The number of benzene rings is 1. The summed E-state index contributed by atoms with van der Waals surface area (Å²) in [4.78, 5) is 20.9. The predicted octanol–water partition coefficient (Wildman–Crippen LogP) is 1.04. The smallest absolute Gasteiger partial charge is 0.338 e. The summed E-state index contributed by atoms with van der Waals surface area (Å²) < 4.78 is 4.57. The van der Waals surface area contributed by atoms with Crippen molar-refractivity contribution in [1.29, 1.82) is 0 Å². The molecule has 3 nitrogen and oxygen atoms in total. The van der Waals surface area contributed by atoms with E-state index in [0.29, 0.717) is 11.8 Å². The Morgan fingerprint density at radius 1 is 1.33 bits per heavy atom. The van der Waals surface area contributed by atoms with Gasteiger partial charge in [0.2, 0.25) is 0 Å². The third-order valence-electron chi connectivity index (χ3n) is 1.29. The van der Waals surface area contributed by atoms with Crippen molar-refractivity contribution in [2.24, 2.45) is 0 Å². The molecule has 3 heteroatoms. The van der Waals surface area contributed by atoms with Crippen molar-refractivity contribution in [3.8, 4) is 0 Å². The van der Waals surface area contributed by atoms with Gasteiger partial charge in [0.15, 0.2) is 6.29 Å². The van der Waals surface area contributed by atoms with E-state index in [2.05, 4.69) is 4.74 Å². The molecule has 0 saturated heterocycles. The van der Waals surface area contributed by atoms with Gasteiger partial charge >= 0.3 is 5.97 Å². The second kappa shape index (κ2) is 4.28. The molecule has 0 aromatic heterocycles. The summed E-state index contributed by atoms with van der Waals surface area (Å²) in [5.74, 6) is -0.470. The van der Waals surface area contributed by atoms with Crippen molar-refractivity contribution >= 4 is 12.3 Å².